The van der Waals surface area contributed by atoms with E-state index in [-0.39, 0.29) is 28.2 Å². The van der Waals surface area contributed by atoms with Crippen molar-refractivity contribution in [1.82, 2.24) is 9.36 Å². The first-order valence-electron chi connectivity index (χ1n) is 7.45. The van der Waals surface area contributed by atoms with E-state index in [1.807, 2.05) is 20.8 Å². The third-order valence-electron chi connectivity index (χ3n) is 3.36. The number of nitrogens with two attached hydrogens (primary N) is 1. The molecule has 2 rings (SSSR count). The first-order chi connectivity index (χ1) is 10.9. The molecule has 2 N–H and O–H groups in total. The van der Waals surface area contributed by atoms with Crippen molar-refractivity contribution in [3.8, 4) is 11.1 Å². The number of rotatable bonds is 4. The average Bonchev–Trinajstić information content (AvgIpc) is 2.77. The van der Waals surface area contributed by atoms with Crippen molar-refractivity contribution in [3.05, 3.63) is 39.6 Å². The molecule has 124 valence electrons. The quantitative estimate of drug-likeness (QED) is 0.892. The molecule has 0 fully saturated rings. The van der Waals surface area contributed by atoms with Gasteiger partial charge < -0.3 is 5.73 Å². The highest BCUT2D eigenvalue weighted by molar-refractivity contribution is 8.13. The van der Waals surface area contributed by atoms with Gasteiger partial charge in [-0.25, -0.2) is 4.68 Å². The molecule has 0 unspecified atom stereocenters. The van der Waals surface area contributed by atoms with Crippen LogP contribution in [0.4, 0.5) is 10.6 Å². The third-order valence-corrected chi connectivity index (χ3v) is 4.72. The predicted octanol–water partition coefficient (Wildman–Crippen LogP) is 4.24. The zero-order valence-corrected chi connectivity index (χ0v) is 14.9. The molecule has 0 atom stereocenters. The fourth-order valence-electron chi connectivity index (χ4n) is 2.36. The van der Waals surface area contributed by atoms with Gasteiger partial charge in [-0.15, -0.1) is 0 Å². The highest BCUT2D eigenvalue weighted by atomic mass is 35.5. The molecule has 0 radical (unpaired) electrons. The maximum absolute atomic E-state index is 12.8. The zero-order chi connectivity index (χ0) is 17.1. The van der Waals surface area contributed by atoms with Crippen LogP contribution in [-0.4, -0.2) is 20.4 Å². The number of nitrogen functional groups attached to an aromatic ring is 1. The maximum Gasteiger partial charge on any atom is 0.306 e. The van der Waals surface area contributed by atoms with Crippen LogP contribution in [0.5, 0.6) is 0 Å². The van der Waals surface area contributed by atoms with Crippen molar-refractivity contribution in [2.24, 2.45) is 0 Å². The summed E-state index contributed by atoms with van der Waals surface area (Å²) >= 11 is 7.35. The molecule has 1 aromatic carbocycles. The smallest absolute Gasteiger partial charge is 0.306 e. The van der Waals surface area contributed by atoms with Crippen molar-refractivity contribution < 1.29 is 4.79 Å². The molecule has 0 spiro atoms. The summed E-state index contributed by atoms with van der Waals surface area (Å²) in [6.45, 7) is 5.67. The van der Waals surface area contributed by atoms with E-state index in [1.54, 1.807) is 24.3 Å². The van der Waals surface area contributed by atoms with Gasteiger partial charge in [-0.1, -0.05) is 48.5 Å². The summed E-state index contributed by atoms with van der Waals surface area (Å²) in [6, 6.07) is 6.79. The molecule has 0 aliphatic heterocycles. The van der Waals surface area contributed by atoms with Gasteiger partial charge in [-0.05, 0) is 26.3 Å². The Hall–Kier alpha value is -1.66. The lowest BCUT2D eigenvalue weighted by Crippen LogP contribution is -2.28. The summed E-state index contributed by atoms with van der Waals surface area (Å²) in [6.07, 6.45) is 0.862. The highest BCUT2D eigenvalue weighted by Crippen LogP contribution is 2.31. The van der Waals surface area contributed by atoms with E-state index in [9.17, 15) is 9.59 Å². The van der Waals surface area contributed by atoms with Gasteiger partial charge in [0.05, 0.1) is 5.56 Å². The van der Waals surface area contributed by atoms with Gasteiger partial charge in [-0.3, -0.25) is 9.59 Å². The van der Waals surface area contributed by atoms with E-state index in [1.165, 1.54) is 9.36 Å². The Morgan fingerprint density at radius 3 is 2.57 bits per heavy atom. The number of carbonyl (C=O) groups is 1. The van der Waals surface area contributed by atoms with Crippen LogP contribution >= 0.6 is 23.4 Å². The minimum absolute atomic E-state index is 0.130. The van der Waals surface area contributed by atoms with Crippen LogP contribution in [0, 0.1) is 0 Å². The molecule has 5 nitrogen and oxygen atoms in total. The van der Waals surface area contributed by atoms with Crippen molar-refractivity contribution >= 4 is 34.4 Å². The summed E-state index contributed by atoms with van der Waals surface area (Å²) in [5.41, 5.74) is 6.67. The Kier molecular flexibility index (Phi) is 5.59. The van der Waals surface area contributed by atoms with E-state index < -0.39 is 0 Å². The number of nitrogens with zero attached hydrogens (tertiary/aromatic N) is 2. The van der Waals surface area contributed by atoms with Crippen LogP contribution in [0.15, 0.2) is 29.1 Å². The molecule has 0 bridgehead atoms. The van der Waals surface area contributed by atoms with Gasteiger partial charge in [0.2, 0.25) is 0 Å². The number of aromatic nitrogens is 2. The molecule has 2 aromatic rings. The number of benzene rings is 1. The minimum atomic E-state index is -0.309. The second kappa shape index (κ2) is 7.27. The van der Waals surface area contributed by atoms with Gasteiger partial charge in [-0.2, -0.15) is 4.68 Å². The van der Waals surface area contributed by atoms with Crippen LogP contribution < -0.4 is 11.3 Å². The minimum Gasteiger partial charge on any atom is -0.383 e. The highest BCUT2D eigenvalue weighted by Gasteiger charge is 2.25. The molecule has 1 aromatic heterocycles. The number of hydrogen-bond acceptors (Lipinski definition) is 4. The van der Waals surface area contributed by atoms with E-state index in [0.717, 1.165) is 18.2 Å². The maximum atomic E-state index is 12.8. The number of carbonyl (C=O) groups excluding carboxylic acids is 1. The summed E-state index contributed by atoms with van der Waals surface area (Å²) in [4.78, 5) is 25.3. The van der Waals surface area contributed by atoms with Crippen LogP contribution in [0.2, 0.25) is 5.02 Å². The van der Waals surface area contributed by atoms with Gasteiger partial charge in [0.25, 0.3) is 5.56 Å². The lowest BCUT2D eigenvalue weighted by atomic mass is 10.1. The Morgan fingerprint density at radius 2 is 2.00 bits per heavy atom. The number of hydrogen-bond donors (Lipinski definition) is 1. The molecule has 0 amide bonds. The van der Waals surface area contributed by atoms with Crippen LogP contribution in [0.25, 0.3) is 11.1 Å². The van der Waals surface area contributed by atoms with Crippen molar-refractivity contribution in [2.75, 3.05) is 11.5 Å². The van der Waals surface area contributed by atoms with E-state index in [0.29, 0.717) is 16.3 Å². The average molecular weight is 354 g/mol. The van der Waals surface area contributed by atoms with E-state index in [2.05, 4.69) is 0 Å². The van der Waals surface area contributed by atoms with E-state index >= 15 is 0 Å². The third kappa shape index (κ3) is 3.33. The molecule has 0 saturated heterocycles. The Balaban J connectivity index is 2.70. The normalized spacial score (nSPS) is 11.2. The predicted molar refractivity (Wildman–Crippen MR) is 97.5 cm³/mol. The summed E-state index contributed by atoms with van der Waals surface area (Å²) in [5, 5.41) is 0.173. The van der Waals surface area contributed by atoms with Crippen molar-refractivity contribution in [1.29, 1.82) is 0 Å². The van der Waals surface area contributed by atoms with Gasteiger partial charge >= 0.3 is 5.24 Å². The molecule has 0 aliphatic carbocycles. The lowest BCUT2D eigenvalue weighted by Gasteiger charge is -2.13. The first kappa shape index (κ1) is 17.7. The second-order valence-electron chi connectivity index (χ2n) is 5.41. The SMILES string of the molecule is CCCSC(=O)n1c(N)c(-c2ccccc2Cl)c(=O)n1C(C)C. The van der Waals surface area contributed by atoms with Crippen molar-refractivity contribution in [2.45, 2.75) is 33.2 Å². The fourth-order valence-corrected chi connectivity index (χ4v) is 3.27. The van der Waals surface area contributed by atoms with Crippen LogP contribution in [0.1, 0.15) is 33.2 Å². The monoisotopic (exact) mass is 353 g/mol. The number of anilines is 1. The molecule has 1 heterocycles. The Labute approximate surface area is 144 Å². The molecular formula is C16H20ClN3O2S. The fraction of sp³-hybridized carbons (Fsp3) is 0.375. The zero-order valence-electron chi connectivity index (χ0n) is 13.4. The molecular weight excluding hydrogens is 334 g/mol. The van der Waals surface area contributed by atoms with Crippen molar-refractivity contribution in [3.63, 3.8) is 0 Å². The van der Waals surface area contributed by atoms with Gasteiger partial charge in [0.15, 0.2) is 0 Å². The van der Waals surface area contributed by atoms with Crippen LogP contribution in [0.3, 0.4) is 0 Å². The molecule has 23 heavy (non-hydrogen) atoms. The summed E-state index contributed by atoms with van der Waals surface area (Å²) in [5.74, 6) is 0.801. The molecule has 0 aliphatic rings. The Bertz CT molecular complexity index is 780. The number of halogens is 1. The largest absolute Gasteiger partial charge is 0.383 e. The lowest BCUT2D eigenvalue weighted by molar-refractivity contribution is 0.254. The molecule has 0 saturated carbocycles. The Morgan fingerprint density at radius 1 is 1.35 bits per heavy atom. The summed E-state index contributed by atoms with van der Waals surface area (Å²) < 4.78 is 2.66. The van der Waals surface area contributed by atoms with Gasteiger partial charge in [0, 0.05) is 22.4 Å². The second-order valence-corrected chi connectivity index (χ2v) is 6.86. The standard InChI is InChI=1S/C16H20ClN3O2S/c1-4-9-23-16(22)20-14(18)13(15(21)19(20)10(2)3)11-7-5-6-8-12(11)17/h5-8,10H,4,9,18H2,1-3H3. The molecule has 7 heteroatoms. The van der Waals surface area contributed by atoms with Gasteiger partial charge in [0.1, 0.15) is 5.82 Å². The van der Waals surface area contributed by atoms with Crippen LogP contribution in [-0.2, 0) is 0 Å². The topological polar surface area (TPSA) is 70.0 Å². The van der Waals surface area contributed by atoms with E-state index in [4.69, 9.17) is 17.3 Å². The first-order valence-corrected chi connectivity index (χ1v) is 8.81. The summed E-state index contributed by atoms with van der Waals surface area (Å²) in [7, 11) is 0. The number of thioether (sulfide) groups is 1.